The number of halogens is 1. The number of thiophene rings is 1. The second-order valence-electron chi connectivity index (χ2n) is 6.54. The van der Waals surface area contributed by atoms with E-state index in [4.69, 9.17) is 16.3 Å². The highest BCUT2D eigenvalue weighted by atomic mass is 35.5. The van der Waals surface area contributed by atoms with E-state index in [1.165, 1.54) is 18.4 Å². The summed E-state index contributed by atoms with van der Waals surface area (Å²) in [5, 5.41) is 2.30. The van der Waals surface area contributed by atoms with Crippen molar-refractivity contribution in [2.24, 2.45) is 0 Å². The Hall–Kier alpha value is -3.09. The molecule has 0 atom stereocenters. The van der Waals surface area contributed by atoms with Gasteiger partial charge < -0.3 is 9.64 Å². The van der Waals surface area contributed by atoms with Crippen LogP contribution in [0.25, 0.3) is 5.57 Å². The molecule has 0 saturated heterocycles. The van der Waals surface area contributed by atoms with E-state index in [1.807, 2.05) is 59.7 Å². The monoisotopic (exact) mass is 438 g/mol. The molecule has 5 nitrogen and oxygen atoms in total. The van der Waals surface area contributed by atoms with E-state index in [2.05, 4.69) is 0 Å². The Morgan fingerprint density at radius 1 is 1.03 bits per heavy atom. The molecular formula is C23H19ClN2O3S. The lowest BCUT2D eigenvalue weighted by atomic mass is 10.1. The van der Waals surface area contributed by atoms with Crippen molar-refractivity contribution in [3.05, 3.63) is 81.6 Å². The second kappa shape index (κ2) is 8.34. The van der Waals surface area contributed by atoms with Gasteiger partial charge >= 0.3 is 0 Å². The van der Waals surface area contributed by atoms with Gasteiger partial charge in [-0.2, -0.15) is 0 Å². The van der Waals surface area contributed by atoms with E-state index in [0.29, 0.717) is 34.3 Å². The van der Waals surface area contributed by atoms with Crippen LogP contribution in [0.3, 0.4) is 0 Å². The molecule has 0 spiro atoms. The van der Waals surface area contributed by atoms with Gasteiger partial charge in [0.05, 0.1) is 18.4 Å². The third-order valence-electron chi connectivity index (χ3n) is 4.86. The molecule has 0 unspecified atom stereocenters. The van der Waals surface area contributed by atoms with Gasteiger partial charge in [-0.25, -0.2) is 4.90 Å². The summed E-state index contributed by atoms with van der Waals surface area (Å²) in [4.78, 5) is 31.0. The van der Waals surface area contributed by atoms with Gasteiger partial charge in [0.15, 0.2) is 0 Å². The molecule has 152 valence electrons. The fraction of sp³-hybridized carbons (Fsp3) is 0.130. The molecule has 0 fully saturated rings. The van der Waals surface area contributed by atoms with Crippen molar-refractivity contribution < 1.29 is 14.3 Å². The molecule has 0 N–H and O–H groups in total. The van der Waals surface area contributed by atoms with Gasteiger partial charge in [-0.05, 0) is 48.7 Å². The maximum Gasteiger partial charge on any atom is 0.282 e. The quantitative estimate of drug-likeness (QED) is 0.495. The summed E-state index contributed by atoms with van der Waals surface area (Å²) in [6.07, 6.45) is 0. The van der Waals surface area contributed by atoms with E-state index in [9.17, 15) is 9.59 Å². The number of carbonyl (C=O) groups excluding carboxylic acids is 2. The Kier molecular flexibility index (Phi) is 5.61. The van der Waals surface area contributed by atoms with Crippen molar-refractivity contribution in [3.63, 3.8) is 0 Å². The summed E-state index contributed by atoms with van der Waals surface area (Å²) in [6, 6.07) is 18.2. The number of carbonyl (C=O) groups is 2. The van der Waals surface area contributed by atoms with Crippen LogP contribution < -0.4 is 14.5 Å². The molecule has 2 aromatic carbocycles. The molecule has 0 bridgehead atoms. The molecule has 30 heavy (non-hydrogen) atoms. The Balaban J connectivity index is 1.91. The van der Waals surface area contributed by atoms with Gasteiger partial charge in [-0.15, -0.1) is 11.3 Å². The zero-order chi connectivity index (χ0) is 21.3. The van der Waals surface area contributed by atoms with E-state index in [-0.39, 0.29) is 0 Å². The summed E-state index contributed by atoms with van der Waals surface area (Å²) in [6.45, 7) is 2.47. The number of anilines is 2. The molecule has 1 aromatic heterocycles. The number of imide groups is 1. The van der Waals surface area contributed by atoms with E-state index < -0.39 is 11.8 Å². The van der Waals surface area contributed by atoms with Crippen LogP contribution in [0.4, 0.5) is 11.4 Å². The highest BCUT2D eigenvalue weighted by Gasteiger charge is 2.44. The molecule has 0 saturated carbocycles. The fourth-order valence-corrected chi connectivity index (χ4v) is 4.47. The van der Waals surface area contributed by atoms with Crippen LogP contribution in [0.1, 0.15) is 11.8 Å². The minimum Gasteiger partial charge on any atom is -0.495 e. The van der Waals surface area contributed by atoms with Gasteiger partial charge in [0.1, 0.15) is 11.4 Å². The SMILES string of the molecule is CCN(C1=C(c2cccs2)C(=O)N(c2cc(Cl)ccc2OC)C1=O)c1ccccc1. The molecular weight excluding hydrogens is 420 g/mol. The van der Waals surface area contributed by atoms with E-state index in [0.717, 1.165) is 15.5 Å². The molecule has 2 heterocycles. The number of likely N-dealkylation sites (N-methyl/N-ethyl adjacent to an activating group) is 1. The number of hydrogen-bond donors (Lipinski definition) is 0. The van der Waals surface area contributed by atoms with Crippen molar-refractivity contribution in [2.75, 3.05) is 23.5 Å². The lowest BCUT2D eigenvalue weighted by Crippen LogP contribution is -2.35. The molecule has 1 aliphatic rings. The number of benzene rings is 2. The summed E-state index contributed by atoms with van der Waals surface area (Å²) in [5.41, 5.74) is 1.89. The van der Waals surface area contributed by atoms with Crippen LogP contribution in [0.5, 0.6) is 5.75 Å². The summed E-state index contributed by atoms with van der Waals surface area (Å²) in [5.74, 6) is -0.405. The largest absolute Gasteiger partial charge is 0.495 e. The van der Waals surface area contributed by atoms with Crippen LogP contribution in [0.15, 0.2) is 71.7 Å². The molecule has 0 aliphatic carbocycles. The summed E-state index contributed by atoms with van der Waals surface area (Å²) < 4.78 is 5.41. The Morgan fingerprint density at radius 3 is 2.43 bits per heavy atom. The van der Waals surface area contributed by atoms with Crippen LogP contribution in [0, 0.1) is 0 Å². The standard InChI is InChI=1S/C23H19ClN2O3S/c1-3-25(16-8-5-4-6-9-16)21-20(19-10-7-13-30-19)22(27)26(23(21)28)17-14-15(24)11-12-18(17)29-2/h4-14H,3H2,1-2H3. The third-order valence-corrected chi connectivity index (χ3v) is 5.99. The first-order valence-electron chi connectivity index (χ1n) is 9.39. The minimum atomic E-state index is -0.408. The van der Waals surface area contributed by atoms with Crippen molar-refractivity contribution in [2.45, 2.75) is 6.92 Å². The lowest BCUT2D eigenvalue weighted by Gasteiger charge is -2.25. The first-order chi connectivity index (χ1) is 14.6. The van der Waals surface area contributed by atoms with Crippen LogP contribution in [-0.2, 0) is 9.59 Å². The Labute approximate surface area is 183 Å². The Morgan fingerprint density at radius 2 is 1.80 bits per heavy atom. The molecule has 2 amide bonds. The number of hydrogen-bond acceptors (Lipinski definition) is 5. The number of ether oxygens (including phenoxy) is 1. The van der Waals surface area contributed by atoms with E-state index >= 15 is 0 Å². The summed E-state index contributed by atoms with van der Waals surface area (Å²) >= 11 is 7.60. The molecule has 1 aliphatic heterocycles. The second-order valence-corrected chi connectivity index (χ2v) is 7.93. The lowest BCUT2D eigenvalue weighted by molar-refractivity contribution is -0.120. The average molecular weight is 439 g/mol. The Bertz CT molecular complexity index is 1130. The van der Waals surface area contributed by atoms with Gasteiger partial charge in [0.2, 0.25) is 0 Å². The van der Waals surface area contributed by atoms with Crippen molar-refractivity contribution >= 4 is 51.7 Å². The van der Waals surface area contributed by atoms with Crippen LogP contribution >= 0.6 is 22.9 Å². The number of nitrogens with zero attached hydrogens (tertiary/aromatic N) is 2. The van der Waals surface area contributed by atoms with Crippen molar-refractivity contribution in [1.82, 2.24) is 0 Å². The number of para-hydroxylation sites is 1. The van der Waals surface area contributed by atoms with Crippen molar-refractivity contribution in [1.29, 1.82) is 0 Å². The zero-order valence-corrected chi connectivity index (χ0v) is 18.0. The maximum absolute atomic E-state index is 13.7. The van der Waals surface area contributed by atoms with Gasteiger partial charge in [0.25, 0.3) is 11.8 Å². The predicted molar refractivity (Wildman–Crippen MR) is 121 cm³/mol. The maximum atomic E-state index is 13.7. The summed E-state index contributed by atoms with van der Waals surface area (Å²) in [7, 11) is 1.49. The highest BCUT2D eigenvalue weighted by molar-refractivity contribution is 7.11. The van der Waals surface area contributed by atoms with E-state index in [1.54, 1.807) is 18.2 Å². The predicted octanol–water partition coefficient (Wildman–Crippen LogP) is 5.22. The number of rotatable bonds is 6. The van der Waals surface area contributed by atoms with Crippen LogP contribution in [0.2, 0.25) is 5.02 Å². The van der Waals surface area contributed by atoms with Gasteiger partial charge in [-0.3, -0.25) is 9.59 Å². The normalized spacial score (nSPS) is 13.9. The molecule has 3 aromatic rings. The van der Waals surface area contributed by atoms with Crippen molar-refractivity contribution in [3.8, 4) is 5.75 Å². The smallest absolute Gasteiger partial charge is 0.282 e. The topological polar surface area (TPSA) is 49.9 Å². The third kappa shape index (κ3) is 3.38. The minimum absolute atomic E-state index is 0.327. The average Bonchev–Trinajstić information content (AvgIpc) is 3.36. The molecule has 0 radical (unpaired) electrons. The van der Waals surface area contributed by atoms with Gasteiger partial charge in [0, 0.05) is 22.1 Å². The zero-order valence-electron chi connectivity index (χ0n) is 16.5. The first-order valence-corrected chi connectivity index (χ1v) is 10.7. The highest BCUT2D eigenvalue weighted by Crippen LogP contribution is 2.41. The number of methoxy groups -OCH3 is 1. The number of amides is 2. The molecule has 4 rings (SSSR count). The van der Waals surface area contributed by atoms with Gasteiger partial charge in [-0.1, -0.05) is 35.9 Å². The first kappa shape index (κ1) is 20.2. The molecule has 7 heteroatoms. The van der Waals surface area contributed by atoms with Crippen LogP contribution in [-0.4, -0.2) is 25.5 Å². The fourth-order valence-electron chi connectivity index (χ4n) is 3.55.